The molecule has 1 amide bonds. The van der Waals surface area contributed by atoms with Crippen LogP contribution in [0.4, 0.5) is 18.9 Å². The Kier molecular flexibility index (Phi) is 6.48. The van der Waals surface area contributed by atoms with Gasteiger partial charge in [-0.15, -0.1) is 0 Å². The molecule has 146 valence electrons. The van der Waals surface area contributed by atoms with Crippen molar-refractivity contribution in [3.63, 3.8) is 0 Å². The van der Waals surface area contributed by atoms with Gasteiger partial charge in [-0.05, 0) is 29.8 Å². The molecular formula is C18H18F3NO4S. The van der Waals surface area contributed by atoms with Gasteiger partial charge >= 0.3 is 6.18 Å². The molecule has 0 aliphatic carbocycles. The van der Waals surface area contributed by atoms with Crippen LogP contribution in [0.15, 0.2) is 48.5 Å². The maximum absolute atomic E-state index is 12.5. The minimum Gasteiger partial charge on any atom is -0.492 e. The third-order valence-electron chi connectivity index (χ3n) is 3.49. The molecule has 0 fully saturated rings. The van der Waals surface area contributed by atoms with Gasteiger partial charge in [0.05, 0.1) is 17.7 Å². The van der Waals surface area contributed by atoms with Crippen LogP contribution in [0.3, 0.4) is 0 Å². The van der Waals surface area contributed by atoms with Crippen molar-refractivity contribution in [3.05, 3.63) is 59.7 Å². The fourth-order valence-corrected chi connectivity index (χ4v) is 2.56. The predicted octanol–water partition coefficient (Wildman–Crippen LogP) is 3.31. The summed E-state index contributed by atoms with van der Waals surface area (Å²) in [6, 6.07) is 10.8. The Balaban J connectivity index is 1.92. The molecule has 0 unspecified atom stereocenters. The number of nitrogens with one attached hydrogen (secondary N) is 1. The summed E-state index contributed by atoms with van der Waals surface area (Å²) in [7, 11) is -3.14. The quantitative estimate of drug-likeness (QED) is 0.773. The minimum atomic E-state index is -4.42. The Morgan fingerprint density at radius 2 is 1.78 bits per heavy atom. The molecule has 0 atom stereocenters. The van der Waals surface area contributed by atoms with E-state index in [1.807, 2.05) is 0 Å². The van der Waals surface area contributed by atoms with Crippen molar-refractivity contribution in [2.75, 3.05) is 23.9 Å². The predicted molar refractivity (Wildman–Crippen MR) is 95.4 cm³/mol. The second-order valence-electron chi connectivity index (χ2n) is 5.93. The average molecular weight is 401 g/mol. The summed E-state index contributed by atoms with van der Waals surface area (Å²) in [6.07, 6.45) is -3.40. The largest absolute Gasteiger partial charge is 0.492 e. The van der Waals surface area contributed by atoms with Gasteiger partial charge in [-0.1, -0.05) is 18.2 Å². The Morgan fingerprint density at radius 1 is 1.11 bits per heavy atom. The number of amides is 1. The molecule has 27 heavy (non-hydrogen) atoms. The molecule has 0 aromatic heterocycles. The fourth-order valence-electron chi connectivity index (χ4n) is 2.18. The third kappa shape index (κ3) is 7.30. The Labute approximate surface area is 155 Å². The number of ether oxygens (including phenoxy) is 1. The first-order chi connectivity index (χ1) is 12.5. The fraction of sp³-hybridized carbons (Fsp3) is 0.278. The monoisotopic (exact) mass is 401 g/mol. The molecule has 9 heteroatoms. The summed E-state index contributed by atoms with van der Waals surface area (Å²) >= 11 is 0. The maximum atomic E-state index is 12.5. The SMILES string of the molecule is CS(=O)(=O)CCOc1cccc(NC(=O)Cc2ccc(C(F)(F)F)cc2)c1. The number of hydrogen-bond donors (Lipinski definition) is 1. The average Bonchev–Trinajstić information content (AvgIpc) is 2.53. The van der Waals surface area contributed by atoms with Crippen LogP contribution in [-0.4, -0.2) is 32.9 Å². The molecule has 0 heterocycles. The van der Waals surface area contributed by atoms with Crippen molar-refractivity contribution >= 4 is 21.4 Å². The van der Waals surface area contributed by atoms with Gasteiger partial charge in [-0.3, -0.25) is 4.79 Å². The van der Waals surface area contributed by atoms with E-state index in [2.05, 4.69) is 5.32 Å². The summed E-state index contributed by atoms with van der Waals surface area (Å²) in [5.74, 6) is -0.133. The van der Waals surface area contributed by atoms with E-state index in [1.165, 1.54) is 18.2 Å². The van der Waals surface area contributed by atoms with Gasteiger partial charge in [0, 0.05) is 18.0 Å². The van der Waals surface area contributed by atoms with E-state index in [4.69, 9.17) is 4.74 Å². The van der Waals surface area contributed by atoms with Gasteiger partial charge in [-0.2, -0.15) is 13.2 Å². The van der Waals surface area contributed by atoms with Crippen molar-refractivity contribution in [2.45, 2.75) is 12.6 Å². The molecule has 2 rings (SSSR count). The zero-order valence-corrected chi connectivity index (χ0v) is 15.2. The summed E-state index contributed by atoms with van der Waals surface area (Å²) in [4.78, 5) is 12.1. The van der Waals surface area contributed by atoms with Gasteiger partial charge in [0.15, 0.2) is 9.84 Å². The molecule has 0 spiro atoms. The molecule has 0 bridgehead atoms. The lowest BCUT2D eigenvalue weighted by Crippen LogP contribution is -2.15. The number of rotatable bonds is 7. The first-order valence-electron chi connectivity index (χ1n) is 7.89. The number of halogens is 3. The van der Waals surface area contributed by atoms with E-state index >= 15 is 0 Å². The number of hydrogen-bond acceptors (Lipinski definition) is 4. The molecule has 0 aliphatic rings. The lowest BCUT2D eigenvalue weighted by Gasteiger charge is -2.10. The van der Waals surface area contributed by atoms with Gasteiger partial charge < -0.3 is 10.1 Å². The van der Waals surface area contributed by atoms with Crippen LogP contribution in [0, 0.1) is 0 Å². The van der Waals surface area contributed by atoms with E-state index in [0.29, 0.717) is 17.0 Å². The Morgan fingerprint density at radius 3 is 2.37 bits per heavy atom. The van der Waals surface area contributed by atoms with Crippen LogP contribution in [0.1, 0.15) is 11.1 Å². The van der Waals surface area contributed by atoms with E-state index < -0.39 is 27.5 Å². The van der Waals surface area contributed by atoms with E-state index in [0.717, 1.165) is 18.4 Å². The van der Waals surface area contributed by atoms with Crippen molar-refractivity contribution < 1.29 is 31.1 Å². The second-order valence-corrected chi connectivity index (χ2v) is 8.19. The number of sulfone groups is 1. The molecule has 1 N–H and O–H groups in total. The van der Waals surface area contributed by atoms with Gasteiger partial charge in [-0.25, -0.2) is 8.42 Å². The second kappa shape index (κ2) is 8.43. The van der Waals surface area contributed by atoms with Crippen molar-refractivity contribution in [2.24, 2.45) is 0 Å². The van der Waals surface area contributed by atoms with Crippen LogP contribution in [0.2, 0.25) is 0 Å². The van der Waals surface area contributed by atoms with Crippen LogP contribution in [0.25, 0.3) is 0 Å². The van der Waals surface area contributed by atoms with Crippen LogP contribution >= 0.6 is 0 Å². The number of carbonyl (C=O) groups excluding carboxylic acids is 1. The maximum Gasteiger partial charge on any atom is 0.416 e. The van der Waals surface area contributed by atoms with E-state index in [-0.39, 0.29) is 18.8 Å². The third-order valence-corrected chi connectivity index (χ3v) is 4.39. The molecule has 0 aliphatic heterocycles. The lowest BCUT2D eigenvalue weighted by molar-refractivity contribution is -0.137. The van der Waals surface area contributed by atoms with Gasteiger partial charge in [0.25, 0.3) is 0 Å². The molecule has 5 nitrogen and oxygen atoms in total. The number of anilines is 1. The Bertz CT molecular complexity index is 894. The zero-order valence-electron chi connectivity index (χ0n) is 14.4. The first kappa shape index (κ1) is 20.8. The van der Waals surface area contributed by atoms with Crippen LogP contribution in [-0.2, 0) is 27.2 Å². The van der Waals surface area contributed by atoms with Crippen LogP contribution < -0.4 is 10.1 Å². The van der Waals surface area contributed by atoms with Gasteiger partial charge in [0.1, 0.15) is 12.4 Å². The summed E-state index contributed by atoms with van der Waals surface area (Å²) in [5, 5.41) is 2.62. The highest BCUT2D eigenvalue weighted by Gasteiger charge is 2.29. The molecule has 2 aromatic carbocycles. The molecule has 0 saturated heterocycles. The van der Waals surface area contributed by atoms with Crippen LogP contribution in [0.5, 0.6) is 5.75 Å². The first-order valence-corrected chi connectivity index (χ1v) is 9.95. The normalized spacial score (nSPS) is 11.9. The summed E-state index contributed by atoms with van der Waals surface area (Å²) in [5.41, 5.74) is 0.107. The van der Waals surface area contributed by atoms with Gasteiger partial charge in [0.2, 0.25) is 5.91 Å². The van der Waals surface area contributed by atoms with E-state index in [9.17, 15) is 26.4 Å². The van der Waals surface area contributed by atoms with Crippen molar-refractivity contribution in [3.8, 4) is 5.75 Å². The zero-order chi connectivity index (χ0) is 20.1. The Hall–Kier alpha value is -2.55. The molecular weight excluding hydrogens is 383 g/mol. The van der Waals surface area contributed by atoms with E-state index in [1.54, 1.807) is 18.2 Å². The standard InChI is InChI=1S/C18H18F3NO4S/c1-27(24,25)10-9-26-16-4-2-3-15(12-16)22-17(23)11-13-5-7-14(8-6-13)18(19,20)21/h2-8,12H,9-11H2,1H3,(H,22,23). The molecule has 0 radical (unpaired) electrons. The van der Waals surface area contributed by atoms with Crippen molar-refractivity contribution in [1.82, 2.24) is 0 Å². The number of carbonyl (C=O) groups is 1. The highest BCUT2D eigenvalue weighted by molar-refractivity contribution is 7.90. The number of benzene rings is 2. The number of alkyl halides is 3. The molecule has 2 aromatic rings. The smallest absolute Gasteiger partial charge is 0.416 e. The van der Waals surface area contributed by atoms with Crippen molar-refractivity contribution in [1.29, 1.82) is 0 Å². The summed E-state index contributed by atoms with van der Waals surface area (Å²) in [6.45, 7) is -0.0121. The molecule has 0 saturated carbocycles. The topological polar surface area (TPSA) is 72.5 Å². The highest BCUT2D eigenvalue weighted by Crippen LogP contribution is 2.29. The highest BCUT2D eigenvalue weighted by atomic mass is 32.2. The minimum absolute atomic E-state index is 0.0121. The summed E-state index contributed by atoms with van der Waals surface area (Å²) < 4.78 is 65.1. The lowest BCUT2D eigenvalue weighted by atomic mass is 10.1.